The summed E-state index contributed by atoms with van der Waals surface area (Å²) in [5, 5.41) is 0. The Labute approximate surface area is 178 Å². The summed E-state index contributed by atoms with van der Waals surface area (Å²) >= 11 is 0. The van der Waals surface area contributed by atoms with Crippen molar-refractivity contribution >= 4 is 11.8 Å². The van der Waals surface area contributed by atoms with Gasteiger partial charge in [-0.2, -0.15) is 0 Å². The van der Waals surface area contributed by atoms with Gasteiger partial charge < -0.3 is 20.1 Å². The van der Waals surface area contributed by atoms with Crippen molar-refractivity contribution in [2.24, 2.45) is 5.73 Å². The molecule has 1 aliphatic rings. The summed E-state index contributed by atoms with van der Waals surface area (Å²) in [6, 6.07) is 11.2. The predicted molar refractivity (Wildman–Crippen MR) is 116 cm³/mol. The molecule has 0 saturated heterocycles. The van der Waals surface area contributed by atoms with E-state index in [4.69, 9.17) is 15.2 Å². The van der Waals surface area contributed by atoms with Crippen LogP contribution in [-0.2, 0) is 12.8 Å². The van der Waals surface area contributed by atoms with Gasteiger partial charge in [-0.1, -0.05) is 25.5 Å². The molecule has 2 N–H and O–H groups in total. The number of ether oxygens (including phenoxy) is 2. The molecule has 2 amide bonds. The topological polar surface area (TPSA) is 81.9 Å². The average Bonchev–Trinajstić information content (AvgIpc) is 2.75. The fourth-order valence-electron chi connectivity index (χ4n) is 3.56. The lowest BCUT2D eigenvalue weighted by molar-refractivity contribution is 0.0780. The fraction of sp³-hybridized carbons (Fsp3) is 0.417. The van der Waals surface area contributed by atoms with E-state index < -0.39 is 5.91 Å². The number of nitrogens with two attached hydrogens (primary N) is 1. The summed E-state index contributed by atoms with van der Waals surface area (Å²) < 4.78 is 11.6. The fourth-order valence-corrected chi connectivity index (χ4v) is 3.56. The number of aryl methyl sites for hydroxylation is 1. The number of rotatable bonds is 10. The van der Waals surface area contributed by atoms with Gasteiger partial charge in [0.25, 0.3) is 5.91 Å². The van der Waals surface area contributed by atoms with Crippen molar-refractivity contribution < 1.29 is 19.1 Å². The quantitative estimate of drug-likeness (QED) is 0.607. The van der Waals surface area contributed by atoms with Crippen LogP contribution in [0.3, 0.4) is 0 Å². The highest BCUT2D eigenvalue weighted by Crippen LogP contribution is 2.24. The molecule has 6 heteroatoms. The molecule has 0 aliphatic carbocycles. The molecule has 0 saturated carbocycles. The Morgan fingerprint density at radius 2 is 1.77 bits per heavy atom. The molecule has 0 unspecified atom stereocenters. The number of hydrogen-bond donors (Lipinski definition) is 1. The second kappa shape index (κ2) is 10.1. The lowest BCUT2D eigenvalue weighted by atomic mass is 9.99. The van der Waals surface area contributed by atoms with Gasteiger partial charge in [-0.3, -0.25) is 9.59 Å². The number of hydrogen-bond acceptors (Lipinski definition) is 4. The summed E-state index contributed by atoms with van der Waals surface area (Å²) in [4.78, 5) is 25.7. The molecule has 0 atom stereocenters. The lowest BCUT2D eigenvalue weighted by Crippen LogP contribution is -2.34. The smallest absolute Gasteiger partial charge is 0.254 e. The summed E-state index contributed by atoms with van der Waals surface area (Å²) in [6.07, 6.45) is 4.46. The minimum atomic E-state index is -0.428. The molecule has 1 heterocycles. The molecule has 160 valence electrons. The molecule has 30 heavy (non-hydrogen) atoms. The van der Waals surface area contributed by atoms with Crippen LogP contribution in [0.25, 0.3) is 0 Å². The summed E-state index contributed by atoms with van der Waals surface area (Å²) in [5.74, 6) is 0.931. The maximum absolute atomic E-state index is 12.3. The normalized spacial score (nSPS) is 13.1. The molecular formula is C24H30N2O4. The van der Waals surface area contributed by atoms with E-state index in [1.54, 1.807) is 11.0 Å². The number of unbranched alkanes of at least 4 members (excludes halogenated alkanes) is 1. The van der Waals surface area contributed by atoms with E-state index in [1.165, 1.54) is 0 Å². The minimum Gasteiger partial charge on any atom is -0.493 e. The average molecular weight is 411 g/mol. The van der Waals surface area contributed by atoms with Crippen molar-refractivity contribution in [3.8, 4) is 11.5 Å². The third kappa shape index (κ3) is 5.32. The van der Waals surface area contributed by atoms with Crippen LogP contribution in [0.2, 0.25) is 0 Å². The highest BCUT2D eigenvalue weighted by molar-refractivity contribution is 5.97. The number of benzene rings is 2. The van der Waals surface area contributed by atoms with Gasteiger partial charge in [0, 0.05) is 31.1 Å². The molecule has 2 aromatic carbocycles. The predicted octanol–water partition coefficient (Wildman–Crippen LogP) is 3.60. The number of carbonyl (C=O) groups is 2. The van der Waals surface area contributed by atoms with Gasteiger partial charge in [-0.05, 0) is 54.7 Å². The summed E-state index contributed by atoms with van der Waals surface area (Å²) in [7, 11) is 1.82. The van der Waals surface area contributed by atoms with E-state index in [0.29, 0.717) is 36.7 Å². The second-order valence-electron chi connectivity index (χ2n) is 7.63. The summed E-state index contributed by atoms with van der Waals surface area (Å²) in [6.45, 7) is 3.80. The standard InChI is InChI=1S/C24H30N2O4/c1-3-4-6-17-7-9-19(15-21(17)23(25)27)29-13-5-14-30-20-10-8-18-11-12-26(2)24(28)22(18)16-20/h7-10,15-16H,3-6,11-14H2,1-2H3,(H2,25,27). The van der Waals surface area contributed by atoms with Gasteiger partial charge in [0.05, 0.1) is 13.2 Å². The van der Waals surface area contributed by atoms with Crippen molar-refractivity contribution in [1.82, 2.24) is 4.90 Å². The zero-order valence-corrected chi connectivity index (χ0v) is 17.8. The van der Waals surface area contributed by atoms with E-state index >= 15 is 0 Å². The van der Waals surface area contributed by atoms with E-state index in [2.05, 4.69) is 6.92 Å². The molecule has 0 bridgehead atoms. The first kappa shape index (κ1) is 21.7. The summed E-state index contributed by atoms with van der Waals surface area (Å²) in [5.41, 5.74) is 8.81. The van der Waals surface area contributed by atoms with Gasteiger partial charge in [0.1, 0.15) is 11.5 Å². The van der Waals surface area contributed by atoms with Crippen LogP contribution in [0.15, 0.2) is 36.4 Å². The highest BCUT2D eigenvalue weighted by atomic mass is 16.5. The largest absolute Gasteiger partial charge is 0.493 e. The van der Waals surface area contributed by atoms with Crippen LogP contribution in [0.1, 0.15) is 58.0 Å². The number of likely N-dealkylation sites (N-methyl/N-ethyl adjacent to an activating group) is 1. The van der Waals surface area contributed by atoms with E-state index in [-0.39, 0.29) is 5.91 Å². The molecule has 0 fully saturated rings. The highest BCUT2D eigenvalue weighted by Gasteiger charge is 2.21. The number of nitrogens with zero attached hydrogens (tertiary/aromatic N) is 1. The third-order valence-corrected chi connectivity index (χ3v) is 5.35. The Kier molecular flexibility index (Phi) is 7.33. The van der Waals surface area contributed by atoms with E-state index in [0.717, 1.165) is 48.9 Å². The molecule has 0 spiro atoms. The van der Waals surface area contributed by atoms with Crippen LogP contribution in [0.4, 0.5) is 0 Å². The molecule has 2 aromatic rings. The molecule has 3 rings (SSSR count). The molecule has 6 nitrogen and oxygen atoms in total. The Morgan fingerprint density at radius 1 is 1.07 bits per heavy atom. The molecule has 0 aromatic heterocycles. The van der Waals surface area contributed by atoms with Gasteiger partial charge in [-0.25, -0.2) is 0 Å². The number of amides is 2. The molecular weight excluding hydrogens is 380 g/mol. The first-order valence-corrected chi connectivity index (χ1v) is 10.6. The lowest BCUT2D eigenvalue weighted by Gasteiger charge is -2.25. The Balaban J connectivity index is 1.49. The Bertz CT molecular complexity index is 910. The SMILES string of the molecule is CCCCc1ccc(OCCCOc2ccc3c(c2)C(=O)N(C)CC3)cc1C(N)=O. The van der Waals surface area contributed by atoms with E-state index in [9.17, 15) is 9.59 Å². The van der Waals surface area contributed by atoms with Crippen molar-refractivity contribution in [2.75, 3.05) is 26.8 Å². The number of primary amides is 1. The van der Waals surface area contributed by atoms with Gasteiger partial charge in [0.2, 0.25) is 5.91 Å². The zero-order chi connectivity index (χ0) is 21.5. The first-order valence-electron chi connectivity index (χ1n) is 10.6. The molecule has 0 radical (unpaired) electrons. The maximum atomic E-state index is 12.3. The van der Waals surface area contributed by atoms with Crippen molar-refractivity contribution in [3.05, 3.63) is 58.7 Å². The van der Waals surface area contributed by atoms with Gasteiger partial charge in [-0.15, -0.1) is 0 Å². The van der Waals surface area contributed by atoms with Crippen LogP contribution >= 0.6 is 0 Å². The maximum Gasteiger partial charge on any atom is 0.254 e. The number of carbonyl (C=O) groups excluding carboxylic acids is 2. The monoisotopic (exact) mass is 410 g/mol. The second-order valence-corrected chi connectivity index (χ2v) is 7.63. The van der Waals surface area contributed by atoms with Crippen molar-refractivity contribution in [3.63, 3.8) is 0 Å². The zero-order valence-electron chi connectivity index (χ0n) is 17.8. The van der Waals surface area contributed by atoms with Crippen molar-refractivity contribution in [1.29, 1.82) is 0 Å². The van der Waals surface area contributed by atoms with Crippen LogP contribution in [-0.4, -0.2) is 43.5 Å². The van der Waals surface area contributed by atoms with Gasteiger partial charge >= 0.3 is 0 Å². The Hall–Kier alpha value is -3.02. The van der Waals surface area contributed by atoms with Crippen molar-refractivity contribution in [2.45, 2.75) is 39.0 Å². The molecule has 1 aliphatic heterocycles. The Morgan fingerprint density at radius 3 is 2.47 bits per heavy atom. The minimum absolute atomic E-state index is 0.0395. The first-order chi connectivity index (χ1) is 14.5. The van der Waals surface area contributed by atoms with Crippen LogP contribution < -0.4 is 15.2 Å². The van der Waals surface area contributed by atoms with Gasteiger partial charge in [0.15, 0.2) is 0 Å². The van der Waals surface area contributed by atoms with Crippen LogP contribution in [0.5, 0.6) is 11.5 Å². The van der Waals surface area contributed by atoms with Crippen LogP contribution in [0, 0.1) is 0 Å². The van der Waals surface area contributed by atoms with E-state index in [1.807, 2.05) is 37.4 Å². The number of fused-ring (bicyclic) bond motifs is 1. The third-order valence-electron chi connectivity index (χ3n) is 5.35.